The van der Waals surface area contributed by atoms with Crippen molar-refractivity contribution in [1.29, 1.82) is 0 Å². The first kappa shape index (κ1) is 56.5. The van der Waals surface area contributed by atoms with Crippen molar-refractivity contribution >= 4 is 72.3 Å². The second-order valence-electron chi connectivity index (χ2n) is 21.1. The first-order chi connectivity index (χ1) is 37.4. The van der Waals surface area contributed by atoms with Gasteiger partial charge >= 0.3 is 0 Å². The van der Waals surface area contributed by atoms with Crippen molar-refractivity contribution in [2.45, 2.75) is 108 Å². The third-order valence-corrected chi connectivity index (χ3v) is 20.1. The van der Waals surface area contributed by atoms with Crippen molar-refractivity contribution in [2.75, 3.05) is 68.7 Å². The Morgan fingerprint density at radius 3 is 2.09 bits per heavy atom. The normalized spacial score (nSPS) is 17.2. The third-order valence-electron chi connectivity index (χ3n) is 15.0. The number of carbonyl (C=O) groups is 4. The minimum absolute atomic E-state index is 0.00473. The van der Waals surface area contributed by atoms with Gasteiger partial charge in [-0.25, -0.2) is 0 Å². The lowest BCUT2D eigenvalue weighted by molar-refractivity contribution is -0.118. The van der Waals surface area contributed by atoms with Gasteiger partial charge in [0.15, 0.2) is 17.3 Å². The predicted molar refractivity (Wildman–Crippen MR) is 309 cm³/mol. The van der Waals surface area contributed by atoms with Crippen LogP contribution in [0.3, 0.4) is 0 Å². The lowest BCUT2D eigenvalue weighted by Crippen LogP contribution is -2.47. The van der Waals surface area contributed by atoms with Gasteiger partial charge < -0.3 is 44.9 Å². The first-order valence-corrected chi connectivity index (χ1v) is 30.3. The molecule has 16 nitrogen and oxygen atoms in total. The fourth-order valence-electron chi connectivity index (χ4n) is 10.7. The van der Waals surface area contributed by atoms with E-state index < -0.39 is 21.2 Å². The monoisotopic (exact) mass is 1120 g/mol. The molecule has 0 aromatic heterocycles. The zero-order valence-corrected chi connectivity index (χ0v) is 47.9. The minimum Gasteiger partial charge on any atom is -0.493 e. The Morgan fingerprint density at radius 1 is 0.808 bits per heavy atom. The molecule has 19 heteroatoms. The molecule has 0 radical (unpaired) electrons. The van der Waals surface area contributed by atoms with Gasteiger partial charge in [-0.3, -0.25) is 23.4 Å². The molecule has 0 spiro atoms. The molecule has 414 valence electrons. The van der Waals surface area contributed by atoms with E-state index in [1.54, 1.807) is 24.0 Å². The average Bonchev–Trinajstić information content (AvgIpc) is 3.77. The Balaban J connectivity index is 0.908. The van der Waals surface area contributed by atoms with E-state index in [-0.39, 0.29) is 67.2 Å². The van der Waals surface area contributed by atoms with Crippen molar-refractivity contribution < 1.29 is 46.0 Å². The number of methoxy groups -OCH3 is 1. The molecule has 0 bridgehead atoms. The van der Waals surface area contributed by atoms with Crippen LogP contribution in [0.5, 0.6) is 17.2 Å². The number of fused-ring (bicyclic) bond motifs is 6. The summed E-state index contributed by atoms with van der Waals surface area (Å²) in [5, 5.41) is 8.28. The summed E-state index contributed by atoms with van der Waals surface area (Å²) in [4.78, 5) is 61.1. The van der Waals surface area contributed by atoms with E-state index in [9.17, 15) is 27.6 Å². The molecular formula is C59H70N6O10S3. The molecule has 0 aliphatic carbocycles. The van der Waals surface area contributed by atoms with E-state index in [0.29, 0.717) is 84.6 Å². The van der Waals surface area contributed by atoms with Crippen molar-refractivity contribution in [1.82, 2.24) is 15.1 Å². The highest BCUT2D eigenvalue weighted by molar-refractivity contribution is 8.77. The number of likely N-dealkylation sites (N-methyl/N-ethyl adjacent to an activating group) is 2. The summed E-state index contributed by atoms with van der Waals surface area (Å²) in [5.41, 5.74) is 10.3. The standard InChI is InChI=1S/C59H70N6O10S3/c1-8-60-31-51(66)55(78(70,71)73-7)18-20-76-77-59(3,4)19-17-56(67)62-44-23-38(35-74-52-29-50-48(21-37(52)2)58(69)65-33-43-16-12-10-14-41(43)26-46(65)34-63(50)5)22-39(24-44)36-75-54-28-49-47(27-53(54)72-6)57(68)64-32-42-15-11-9-13-40(42)25-45(64)30-61-49/h9-16,21-24,27-29,45-46,55,60-61H,8,17-20,25-26,30-36H2,1-7H3,(H,62,67)/t45-,46-,55?/m0/s1. The predicted octanol–water partition coefficient (Wildman–Crippen LogP) is 8.96. The van der Waals surface area contributed by atoms with Gasteiger partial charge in [0.1, 0.15) is 24.2 Å². The van der Waals surface area contributed by atoms with E-state index in [4.69, 9.17) is 18.4 Å². The number of aryl methyl sites for hydroxylation is 1. The van der Waals surface area contributed by atoms with Crippen LogP contribution in [-0.2, 0) is 63.0 Å². The number of nitrogens with zero attached hydrogens (tertiary/aromatic N) is 3. The largest absolute Gasteiger partial charge is 0.493 e. The third kappa shape index (κ3) is 12.9. The molecule has 3 N–H and O–H groups in total. The van der Waals surface area contributed by atoms with Crippen LogP contribution < -0.4 is 35.1 Å². The smallest absolute Gasteiger partial charge is 0.277 e. The highest BCUT2D eigenvalue weighted by Crippen LogP contribution is 2.41. The molecule has 3 atom stereocenters. The van der Waals surface area contributed by atoms with Gasteiger partial charge in [0.25, 0.3) is 21.9 Å². The summed E-state index contributed by atoms with van der Waals surface area (Å²) in [6.07, 6.45) is 2.35. The highest BCUT2D eigenvalue weighted by Gasteiger charge is 2.38. The van der Waals surface area contributed by atoms with E-state index in [1.807, 2.05) is 99.1 Å². The Bertz CT molecular complexity index is 3190. The molecule has 5 aromatic rings. The van der Waals surface area contributed by atoms with Crippen LogP contribution in [0.1, 0.15) is 99.7 Å². The molecule has 4 aliphatic heterocycles. The van der Waals surface area contributed by atoms with Gasteiger partial charge in [-0.2, -0.15) is 8.42 Å². The average molecular weight is 1120 g/mol. The molecule has 0 saturated carbocycles. The second kappa shape index (κ2) is 24.4. The second-order valence-corrected chi connectivity index (χ2v) is 26.1. The molecule has 0 fully saturated rings. The maximum Gasteiger partial charge on any atom is 0.277 e. The zero-order chi connectivity index (χ0) is 55.3. The number of anilines is 3. The zero-order valence-electron chi connectivity index (χ0n) is 45.4. The number of ketones is 1. The van der Waals surface area contributed by atoms with E-state index in [0.717, 1.165) is 47.9 Å². The maximum atomic E-state index is 14.2. The molecule has 0 saturated heterocycles. The SMILES string of the molecule is CCNCC(=O)C(CCSSC(C)(C)CCC(=O)Nc1cc(COc2cc3c(cc2C)C(=O)N2Cc4ccccc4C[C@H]2CN3C)cc(COc2cc3c(cc2OC)C(=O)N2Cc4ccccc4C[C@H]2CN3)c1)S(=O)(=O)OC. The summed E-state index contributed by atoms with van der Waals surface area (Å²) >= 11 is 0. The fourth-order valence-corrected chi connectivity index (χ4v) is 14.6. The number of Topliss-reactive ketones (excluding diaryl/α,β-unsaturated/α-hetero) is 1. The Hall–Kier alpha value is -6.25. The lowest BCUT2D eigenvalue weighted by atomic mass is 9.93. The number of amides is 3. The Kier molecular flexibility index (Phi) is 17.7. The number of hydrogen-bond acceptors (Lipinski definition) is 15. The molecule has 4 heterocycles. The molecule has 9 rings (SSSR count). The number of carbonyl (C=O) groups excluding carboxylic acids is 4. The van der Waals surface area contributed by atoms with E-state index in [2.05, 4.69) is 51.2 Å². The van der Waals surface area contributed by atoms with Crippen LogP contribution in [0, 0.1) is 6.92 Å². The molecule has 3 amide bonds. The van der Waals surface area contributed by atoms with Gasteiger partial charge in [0, 0.05) is 68.0 Å². The van der Waals surface area contributed by atoms with Gasteiger partial charge in [-0.05, 0) is 122 Å². The molecule has 1 unspecified atom stereocenters. The number of rotatable bonds is 22. The van der Waals surface area contributed by atoms with Crippen LogP contribution in [0.25, 0.3) is 0 Å². The van der Waals surface area contributed by atoms with Gasteiger partial charge in [0.2, 0.25) is 5.91 Å². The quantitative estimate of drug-likeness (QED) is 0.0339. The lowest BCUT2D eigenvalue weighted by Gasteiger charge is -2.36. The first-order valence-electron chi connectivity index (χ1n) is 26.5. The number of benzene rings is 5. The van der Waals surface area contributed by atoms with Gasteiger partial charge in [-0.15, -0.1) is 0 Å². The van der Waals surface area contributed by atoms with Gasteiger partial charge in [0.05, 0.1) is 55.3 Å². The maximum absolute atomic E-state index is 14.2. The van der Waals surface area contributed by atoms with Crippen LogP contribution in [-0.4, -0.2) is 117 Å². The van der Waals surface area contributed by atoms with Gasteiger partial charge in [-0.1, -0.05) is 77.0 Å². The van der Waals surface area contributed by atoms with Crippen molar-refractivity contribution in [3.8, 4) is 17.2 Å². The molecule has 4 aliphatic rings. The summed E-state index contributed by atoms with van der Waals surface area (Å²) < 4.78 is 48.6. The van der Waals surface area contributed by atoms with E-state index in [1.165, 1.54) is 27.5 Å². The topological polar surface area (TPSA) is 185 Å². The minimum atomic E-state index is -4.06. The fraction of sp³-hybridized carbons (Fsp3) is 0.424. The molecule has 5 aromatic carbocycles. The van der Waals surface area contributed by atoms with Crippen LogP contribution >= 0.6 is 21.6 Å². The molecular weight excluding hydrogens is 1050 g/mol. The number of nitrogens with one attached hydrogen (secondary N) is 3. The van der Waals surface area contributed by atoms with Crippen molar-refractivity contribution in [3.63, 3.8) is 0 Å². The van der Waals surface area contributed by atoms with Crippen LogP contribution in [0.2, 0.25) is 0 Å². The van der Waals surface area contributed by atoms with Crippen LogP contribution in [0.4, 0.5) is 17.1 Å². The Morgan fingerprint density at radius 2 is 1.44 bits per heavy atom. The van der Waals surface area contributed by atoms with Crippen molar-refractivity contribution in [2.24, 2.45) is 0 Å². The summed E-state index contributed by atoms with van der Waals surface area (Å²) in [6, 6.07) is 29.8. The number of ether oxygens (including phenoxy) is 3. The number of hydrogen-bond donors (Lipinski definition) is 3. The van der Waals surface area contributed by atoms with E-state index >= 15 is 0 Å². The summed E-state index contributed by atoms with van der Waals surface area (Å²) in [7, 11) is 3.59. The summed E-state index contributed by atoms with van der Waals surface area (Å²) in [6.45, 7) is 10.9. The highest BCUT2D eigenvalue weighted by atomic mass is 33.1. The Labute approximate surface area is 466 Å². The molecule has 78 heavy (non-hydrogen) atoms. The summed E-state index contributed by atoms with van der Waals surface area (Å²) in [5.74, 6) is 1.17. The van der Waals surface area contributed by atoms with Crippen LogP contribution in [0.15, 0.2) is 91.0 Å². The van der Waals surface area contributed by atoms with Crippen molar-refractivity contribution in [3.05, 3.63) is 141 Å².